The lowest BCUT2D eigenvalue weighted by Crippen LogP contribution is -2.29. The lowest BCUT2D eigenvalue weighted by molar-refractivity contribution is 0.103. The van der Waals surface area contributed by atoms with Crippen molar-refractivity contribution >= 4 is 23.5 Å². The van der Waals surface area contributed by atoms with Gasteiger partial charge >= 0.3 is 0 Å². The minimum Gasteiger partial charge on any atom is -0.309 e. The highest BCUT2D eigenvalue weighted by molar-refractivity contribution is 7.82. The third kappa shape index (κ3) is 1.74. The standard InChI is InChI=1S/C19H15O2P/c20-19-15-10-4-6-12-17(15)22(21,14-8-2-1-3-9-14)18-13-7-5-11-16(18)19/h1-6,8-12H,7,13H2. The molecule has 1 heterocycles. The van der Waals surface area contributed by atoms with E-state index in [4.69, 9.17) is 0 Å². The normalized spacial score (nSPS) is 23.2. The van der Waals surface area contributed by atoms with Gasteiger partial charge in [0.2, 0.25) is 0 Å². The fourth-order valence-corrected chi connectivity index (χ4v) is 6.59. The second kappa shape index (κ2) is 4.93. The van der Waals surface area contributed by atoms with Crippen LogP contribution in [-0.4, -0.2) is 5.78 Å². The van der Waals surface area contributed by atoms with Crippen LogP contribution in [0, 0.1) is 0 Å². The number of hydrogen-bond donors (Lipinski definition) is 0. The summed E-state index contributed by atoms with van der Waals surface area (Å²) in [6, 6.07) is 16.9. The molecule has 0 spiro atoms. The fraction of sp³-hybridized carbons (Fsp3) is 0.105. The molecule has 22 heavy (non-hydrogen) atoms. The molecule has 2 aromatic rings. The number of ketones is 1. The van der Waals surface area contributed by atoms with Crippen LogP contribution in [0.25, 0.3) is 0 Å². The highest BCUT2D eigenvalue weighted by Crippen LogP contribution is 2.58. The van der Waals surface area contributed by atoms with Gasteiger partial charge < -0.3 is 4.57 Å². The molecule has 2 aliphatic rings. The zero-order valence-corrected chi connectivity index (χ0v) is 12.9. The minimum atomic E-state index is -2.92. The van der Waals surface area contributed by atoms with Crippen LogP contribution in [0.3, 0.4) is 0 Å². The summed E-state index contributed by atoms with van der Waals surface area (Å²) >= 11 is 0. The van der Waals surface area contributed by atoms with E-state index in [1.54, 1.807) is 6.07 Å². The number of fused-ring (bicyclic) bond motifs is 1. The average molecular weight is 306 g/mol. The highest BCUT2D eigenvalue weighted by Gasteiger charge is 2.42. The Kier molecular flexibility index (Phi) is 3.02. The van der Waals surface area contributed by atoms with Gasteiger partial charge in [-0.3, -0.25) is 4.79 Å². The first-order chi connectivity index (χ1) is 10.7. The summed E-state index contributed by atoms with van der Waals surface area (Å²) in [4.78, 5) is 12.7. The van der Waals surface area contributed by atoms with Gasteiger partial charge in [-0.15, -0.1) is 0 Å². The Labute approximate surface area is 129 Å². The Morgan fingerprint density at radius 3 is 2.45 bits per heavy atom. The Balaban J connectivity index is 2.10. The molecular formula is C19H15O2P. The van der Waals surface area contributed by atoms with E-state index in [2.05, 4.69) is 0 Å². The quantitative estimate of drug-likeness (QED) is 0.751. The largest absolute Gasteiger partial charge is 0.309 e. The lowest BCUT2D eigenvalue weighted by Gasteiger charge is -2.31. The first-order valence-corrected chi connectivity index (χ1v) is 9.14. The van der Waals surface area contributed by atoms with Gasteiger partial charge in [0.15, 0.2) is 12.9 Å². The molecule has 108 valence electrons. The van der Waals surface area contributed by atoms with Gasteiger partial charge in [-0.25, -0.2) is 0 Å². The number of benzene rings is 2. The zero-order valence-electron chi connectivity index (χ0n) is 12.0. The van der Waals surface area contributed by atoms with Crippen LogP contribution in [0.1, 0.15) is 23.2 Å². The van der Waals surface area contributed by atoms with Crippen molar-refractivity contribution in [3.8, 4) is 0 Å². The third-order valence-corrected chi connectivity index (χ3v) is 7.69. The summed E-state index contributed by atoms with van der Waals surface area (Å²) in [5.41, 5.74) is 1.22. The van der Waals surface area contributed by atoms with Crippen molar-refractivity contribution in [2.24, 2.45) is 0 Å². The molecule has 4 rings (SSSR count). The first kappa shape index (κ1) is 13.5. The molecule has 0 saturated heterocycles. The van der Waals surface area contributed by atoms with E-state index in [-0.39, 0.29) is 5.78 Å². The van der Waals surface area contributed by atoms with Crippen molar-refractivity contribution in [3.63, 3.8) is 0 Å². The smallest absolute Gasteiger partial charge is 0.194 e. The van der Waals surface area contributed by atoms with Crippen LogP contribution in [0.5, 0.6) is 0 Å². The van der Waals surface area contributed by atoms with Crippen LogP contribution in [0.4, 0.5) is 0 Å². The molecule has 1 aliphatic carbocycles. The number of rotatable bonds is 1. The molecule has 3 heteroatoms. The Morgan fingerprint density at radius 1 is 0.909 bits per heavy atom. The van der Waals surface area contributed by atoms with Crippen molar-refractivity contribution < 1.29 is 9.36 Å². The van der Waals surface area contributed by atoms with Crippen molar-refractivity contribution in [2.45, 2.75) is 12.8 Å². The second-order valence-electron chi connectivity index (χ2n) is 5.59. The molecule has 1 atom stereocenters. The Hall–Kier alpha value is -2.18. The van der Waals surface area contributed by atoms with Crippen LogP contribution in [0.2, 0.25) is 0 Å². The van der Waals surface area contributed by atoms with Crippen molar-refractivity contribution in [2.75, 3.05) is 0 Å². The topological polar surface area (TPSA) is 34.1 Å². The van der Waals surface area contributed by atoms with E-state index in [1.807, 2.05) is 60.7 Å². The Bertz CT molecular complexity index is 875. The summed E-state index contributed by atoms with van der Waals surface area (Å²) in [5.74, 6) is 0.00366. The maximum Gasteiger partial charge on any atom is 0.194 e. The molecule has 0 aromatic heterocycles. The molecule has 0 fully saturated rings. The van der Waals surface area contributed by atoms with E-state index in [9.17, 15) is 9.36 Å². The Morgan fingerprint density at radius 2 is 1.64 bits per heavy atom. The van der Waals surface area contributed by atoms with Crippen molar-refractivity contribution in [1.29, 1.82) is 0 Å². The third-order valence-electron chi connectivity index (χ3n) is 4.38. The van der Waals surface area contributed by atoms with Gasteiger partial charge in [-0.05, 0) is 12.8 Å². The van der Waals surface area contributed by atoms with Gasteiger partial charge in [0.25, 0.3) is 0 Å². The molecule has 0 bridgehead atoms. The molecule has 2 aromatic carbocycles. The molecule has 0 N–H and O–H groups in total. The summed E-state index contributed by atoms with van der Waals surface area (Å²) in [7, 11) is -2.92. The van der Waals surface area contributed by atoms with Crippen LogP contribution >= 0.6 is 7.14 Å². The van der Waals surface area contributed by atoms with E-state index in [0.29, 0.717) is 22.9 Å². The van der Waals surface area contributed by atoms with Crippen molar-refractivity contribution in [3.05, 3.63) is 83.2 Å². The predicted octanol–water partition coefficient (Wildman–Crippen LogP) is 3.80. The molecular weight excluding hydrogens is 291 g/mol. The predicted molar refractivity (Wildman–Crippen MR) is 89.5 cm³/mol. The summed E-state index contributed by atoms with van der Waals surface area (Å²) in [6.07, 6.45) is 5.38. The van der Waals surface area contributed by atoms with Gasteiger partial charge in [-0.1, -0.05) is 66.7 Å². The average Bonchev–Trinajstić information content (AvgIpc) is 2.60. The fourth-order valence-electron chi connectivity index (χ4n) is 3.35. The monoisotopic (exact) mass is 306 g/mol. The van der Waals surface area contributed by atoms with Gasteiger partial charge in [0.1, 0.15) is 0 Å². The summed E-state index contributed by atoms with van der Waals surface area (Å²) in [5, 5.41) is 2.34. The van der Waals surface area contributed by atoms with Crippen LogP contribution < -0.4 is 10.6 Å². The SMILES string of the molecule is O=C1C2=C(CCC=C2)P(=O)(c2ccccc2)c2ccccc21. The zero-order chi connectivity index (χ0) is 15.2. The van der Waals surface area contributed by atoms with Gasteiger partial charge in [0.05, 0.1) is 0 Å². The van der Waals surface area contributed by atoms with E-state index < -0.39 is 7.14 Å². The van der Waals surface area contributed by atoms with Crippen LogP contribution in [0.15, 0.2) is 77.6 Å². The summed E-state index contributed by atoms with van der Waals surface area (Å²) in [6.45, 7) is 0. The van der Waals surface area contributed by atoms with Crippen LogP contribution in [-0.2, 0) is 4.57 Å². The molecule has 2 nitrogen and oxygen atoms in total. The lowest BCUT2D eigenvalue weighted by atomic mass is 9.97. The molecule has 1 unspecified atom stereocenters. The highest BCUT2D eigenvalue weighted by atomic mass is 31.2. The second-order valence-corrected chi connectivity index (χ2v) is 8.35. The molecule has 0 amide bonds. The summed E-state index contributed by atoms with van der Waals surface area (Å²) < 4.78 is 14.1. The number of Topliss-reactive ketones (excluding diaryl/α,β-unsaturated/α-hetero) is 1. The molecule has 0 saturated carbocycles. The number of allylic oxidation sites excluding steroid dienone is 4. The van der Waals surface area contributed by atoms with Gasteiger partial charge in [-0.2, -0.15) is 0 Å². The minimum absolute atomic E-state index is 0.00366. The molecule has 0 radical (unpaired) electrons. The van der Waals surface area contributed by atoms with E-state index in [1.165, 1.54) is 0 Å². The number of hydrogen-bond acceptors (Lipinski definition) is 2. The number of carbonyl (C=O) groups is 1. The molecule has 1 aliphatic heterocycles. The maximum atomic E-state index is 14.1. The first-order valence-electron chi connectivity index (χ1n) is 7.43. The van der Waals surface area contributed by atoms with E-state index in [0.717, 1.165) is 17.0 Å². The number of carbonyl (C=O) groups excluding carboxylic acids is 1. The van der Waals surface area contributed by atoms with E-state index >= 15 is 0 Å². The van der Waals surface area contributed by atoms with Crippen molar-refractivity contribution in [1.82, 2.24) is 0 Å². The maximum absolute atomic E-state index is 14.1. The van der Waals surface area contributed by atoms with Gasteiger partial charge in [0, 0.05) is 27.1 Å².